The average Bonchev–Trinajstić information content (AvgIpc) is 2.75. The highest BCUT2D eigenvalue weighted by atomic mass is 32.3. The zero-order valence-corrected chi connectivity index (χ0v) is 26.4. The molecule has 0 saturated carbocycles. The Hall–Kier alpha value is -2.68. The topological polar surface area (TPSA) is 74.6 Å². The first-order chi connectivity index (χ1) is 17.8. The Morgan fingerprint density at radius 3 is 0.897 bits per heavy atom. The van der Waals surface area contributed by atoms with Crippen molar-refractivity contribution in [1.82, 2.24) is 0 Å². The van der Waals surface area contributed by atoms with Gasteiger partial charge < -0.3 is 14.2 Å². The summed E-state index contributed by atoms with van der Waals surface area (Å²) in [5.74, 6) is 2.09. The predicted molar refractivity (Wildman–Crippen MR) is 160 cm³/mol. The van der Waals surface area contributed by atoms with E-state index in [-0.39, 0.29) is 16.8 Å². The zero-order chi connectivity index (χ0) is 29.3. The van der Waals surface area contributed by atoms with Crippen molar-refractivity contribution in [2.75, 3.05) is 6.26 Å². The Morgan fingerprint density at radius 2 is 0.718 bits per heavy atom. The molecule has 0 heterocycles. The highest BCUT2D eigenvalue weighted by molar-refractivity contribution is 8.32. The van der Waals surface area contributed by atoms with Crippen molar-refractivity contribution in [1.29, 1.82) is 0 Å². The van der Waals surface area contributed by atoms with Crippen molar-refractivity contribution in [3.63, 3.8) is 0 Å². The van der Waals surface area contributed by atoms with Crippen molar-refractivity contribution in [2.24, 2.45) is 0 Å². The fourth-order valence-electron chi connectivity index (χ4n) is 3.91. The van der Waals surface area contributed by atoms with E-state index < -0.39 is 20.4 Å². The smallest absolute Gasteiger partial charge is 0.387 e. The predicted octanol–water partition coefficient (Wildman–Crippen LogP) is 8.47. The summed E-state index contributed by atoms with van der Waals surface area (Å²) in [6, 6.07) is 22.7. The molecule has 0 spiro atoms. The Kier molecular flexibility index (Phi) is 8.75. The van der Waals surface area contributed by atoms with E-state index in [9.17, 15) is 8.42 Å². The third-order valence-electron chi connectivity index (χ3n) is 5.01. The SMILES string of the molecule is CC(C)(C)Oc1ccc(S([OH+]S(C)(=O)=O)(c2ccc(OC(C)(C)C)cc2)c2ccc(OC(C)(C)C)cc2)cc1. The summed E-state index contributed by atoms with van der Waals surface area (Å²) >= 11 is 0. The Morgan fingerprint density at radius 1 is 0.487 bits per heavy atom. The molecule has 6 nitrogen and oxygen atoms in total. The second kappa shape index (κ2) is 11.1. The van der Waals surface area contributed by atoms with Crippen LogP contribution in [0.4, 0.5) is 0 Å². The molecule has 3 rings (SSSR count). The van der Waals surface area contributed by atoms with Crippen LogP contribution in [-0.4, -0.2) is 35.1 Å². The van der Waals surface area contributed by atoms with E-state index in [2.05, 4.69) is 3.63 Å². The molecule has 8 heteroatoms. The van der Waals surface area contributed by atoms with E-state index in [1.165, 1.54) is 0 Å². The van der Waals surface area contributed by atoms with Gasteiger partial charge in [-0.15, -0.1) is 0 Å². The first-order valence-electron chi connectivity index (χ1n) is 12.9. The Bertz CT molecular complexity index is 1200. The molecule has 0 aliphatic rings. The van der Waals surface area contributed by atoms with Gasteiger partial charge in [0, 0.05) is 0 Å². The van der Waals surface area contributed by atoms with Crippen molar-refractivity contribution in [3.05, 3.63) is 72.8 Å². The van der Waals surface area contributed by atoms with Crippen LogP contribution in [0.2, 0.25) is 0 Å². The number of ether oxygens (including phenoxy) is 3. The number of hydrogen-bond donors (Lipinski definition) is 0. The van der Waals surface area contributed by atoms with Crippen LogP contribution in [0.15, 0.2) is 87.5 Å². The van der Waals surface area contributed by atoms with Gasteiger partial charge in [0.25, 0.3) is 0 Å². The minimum atomic E-state index is -3.77. The van der Waals surface area contributed by atoms with Crippen LogP contribution in [0.1, 0.15) is 62.3 Å². The van der Waals surface area contributed by atoms with Gasteiger partial charge in [0.2, 0.25) is 0 Å². The minimum Gasteiger partial charge on any atom is -0.488 e. The summed E-state index contributed by atoms with van der Waals surface area (Å²) in [6.45, 7) is 17.9. The monoisotopic (exact) mass is 575 g/mol. The van der Waals surface area contributed by atoms with Crippen molar-refractivity contribution in [2.45, 2.75) is 93.8 Å². The lowest BCUT2D eigenvalue weighted by Crippen LogP contribution is -2.23. The Labute approximate surface area is 236 Å². The van der Waals surface area contributed by atoms with E-state index in [0.29, 0.717) is 17.2 Å². The van der Waals surface area contributed by atoms with E-state index in [1.54, 1.807) is 0 Å². The zero-order valence-electron chi connectivity index (χ0n) is 24.7. The molecule has 0 radical (unpaired) electrons. The molecule has 0 aliphatic heterocycles. The summed E-state index contributed by atoms with van der Waals surface area (Å²) in [4.78, 5) is 2.30. The quantitative estimate of drug-likeness (QED) is 0.199. The van der Waals surface area contributed by atoms with Gasteiger partial charge in [-0.25, -0.2) is 0 Å². The van der Waals surface area contributed by atoms with E-state index in [4.69, 9.17) is 14.2 Å². The van der Waals surface area contributed by atoms with Gasteiger partial charge in [-0.3, -0.25) is 3.63 Å². The second-order valence-electron chi connectivity index (χ2n) is 12.4. The third-order valence-corrected chi connectivity index (χ3v) is 9.85. The molecule has 0 bridgehead atoms. The van der Waals surface area contributed by atoms with Crippen LogP contribution in [0.5, 0.6) is 17.2 Å². The van der Waals surface area contributed by atoms with Crippen molar-refractivity contribution < 1.29 is 26.3 Å². The molecule has 0 atom stereocenters. The summed E-state index contributed by atoms with van der Waals surface area (Å²) in [5.41, 5.74) is -1.10. The number of benzene rings is 3. The summed E-state index contributed by atoms with van der Waals surface area (Å²) in [6.07, 6.45) is 1.14. The van der Waals surface area contributed by atoms with Gasteiger partial charge >= 0.3 is 10.1 Å². The number of rotatable bonds is 8. The molecule has 3 aromatic rings. The van der Waals surface area contributed by atoms with Gasteiger partial charge in [-0.2, -0.15) is 8.42 Å². The fraction of sp³-hybridized carbons (Fsp3) is 0.419. The maximum Gasteiger partial charge on any atom is 0.387 e. The second-order valence-corrected chi connectivity index (χ2v) is 17.1. The molecule has 0 fully saturated rings. The molecule has 0 aromatic heterocycles. The molecular weight excluding hydrogens is 532 g/mol. The Balaban J connectivity index is 2.24. The van der Waals surface area contributed by atoms with Crippen LogP contribution in [-0.2, 0) is 10.1 Å². The highest BCUT2D eigenvalue weighted by Gasteiger charge is 2.42. The molecular formula is C31H43O6S2+. The van der Waals surface area contributed by atoms with Crippen LogP contribution in [0, 0.1) is 0 Å². The van der Waals surface area contributed by atoms with Gasteiger partial charge in [0.05, 0.1) is 25.0 Å². The molecule has 39 heavy (non-hydrogen) atoms. The van der Waals surface area contributed by atoms with E-state index in [1.807, 2.05) is 135 Å². The van der Waals surface area contributed by atoms with Crippen molar-refractivity contribution in [3.8, 4) is 17.2 Å². The van der Waals surface area contributed by atoms with Crippen LogP contribution >= 0.6 is 10.3 Å². The fourth-order valence-corrected chi connectivity index (χ4v) is 8.98. The molecule has 3 aromatic carbocycles. The molecule has 0 unspecified atom stereocenters. The first kappa shape index (κ1) is 30.9. The van der Waals surface area contributed by atoms with E-state index in [0.717, 1.165) is 20.9 Å². The minimum absolute atomic E-state index is 0.367. The van der Waals surface area contributed by atoms with Gasteiger partial charge in [-0.1, -0.05) is 0 Å². The van der Waals surface area contributed by atoms with Crippen LogP contribution in [0.3, 0.4) is 0 Å². The first-order valence-corrected chi connectivity index (χ1v) is 16.3. The largest absolute Gasteiger partial charge is 0.488 e. The van der Waals surface area contributed by atoms with Crippen molar-refractivity contribution >= 4 is 20.4 Å². The molecule has 0 amide bonds. The van der Waals surface area contributed by atoms with Gasteiger partial charge in [0.1, 0.15) is 40.3 Å². The standard InChI is InChI=1S/C31H42O6S2/c1-29(2,3)34-23-11-17-26(18-12-23)39(37-38(10,32)33,27-19-13-24(14-20-27)35-30(4,5)6)28-21-15-25(16-22-28)36-31(7,8)9/h11-22H,1-10H3/p+1. The molecule has 214 valence electrons. The van der Waals surface area contributed by atoms with Crippen LogP contribution in [0.25, 0.3) is 0 Å². The molecule has 0 saturated heterocycles. The number of hydrogen-bond acceptors (Lipinski definition) is 5. The lowest BCUT2D eigenvalue weighted by molar-refractivity contribution is 0.130. The highest BCUT2D eigenvalue weighted by Crippen LogP contribution is 2.68. The van der Waals surface area contributed by atoms with Crippen LogP contribution < -0.4 is 14.2 Å². The lowest BCUT2D eigenvalue weighted by atomic mass is 10.2. The maximum atomic E-state index is 12.9. The molecule has 1 N–H and O–H groups in total. The molecule has 0 aliphatic carbocycles. The summed E-state index contributed by atoms with van der Waals surface area (Å²) < 4.78 is 48.5. The normalized spacial score (nSPS) is 13.6. The third kappa shape index (κ3) is 8.92. The summed E-state index contributed by atoms with van der Waals surface area (Å²) in [7, 11) is -6.38. The maximum absolute atomic E-state index is 12.9. The summed E-state index contributed by atoms with van der Waals surface area (Å²) in [5, 5.41) is 0. The van der Waals surface area contributed by atoms with Gasteiger partial charge in [-0.05, 0) is 135 Å². The van der Waals surface area contributed by atoms with E-state index >= 15 is 0 Å². The van der Waals surface area contributed by atoms with Gasteiger partial charge in [0.15, 0.2) is 0 Å². The lowest BCUT2D eigenvalue weighted by Gasteiger charge is -2.35. The average molecular weight is 576 g/mol.